The number of nitrogens with zero attached hydrogens (tertiary/aromatic N) is 2. The van der Waals surface area contributed by atoms with Gasteiger partial charge in [0.05, 0.1) is 6.61 Å². The summed E-state index contributed by atoms with van der Waals surface area (Å²) in [4.78, 5) is 15.7. The summed E-state index contributed by atoms with van der Waals surface area (Å²) in [6, 6.07) is 0. The number of rotatable bonds is 2. The van der Waals surface area contributed by atoms with Crippen LogP contribution in [0.25, 0.3) is 0 Å². The molecule has 0 aromatic carbocycles. The lowest BCUT2D eigenvalue weighted by Crippen LogP contribution is -2.45. The molecule has 1 aromatic heterocycles. The normalized spacial score (nSPS) is 21.3. The first kappa shape index (κ1) is 10.5. The van der Waals surface area contributed by atoms with Crippen LogP contribution in [0.1, 0.15) is 5.82 Å². The maximum atomic E-state index is 11.6. The molecular formula is C8H12N4O2S. The van der Waals surface area contributed by atoms with Crippen molar-refractivity contribution in [3.8, 4) is 0 Å². The van der Waals surface area contributed by atoms with Crippen molar-refractivity contribution in [3.05, 3.63) is 5.82 Å². The van der Waals surface area contributed by atoms with E-state index in [-0.39, 0.29) is 5.91 Å². The van der Waals surface area contributed by atoms with Gasteiger partial charge in [-0.15, -0.1) is 0 Å². The second-order valence-corrected chi connectivity index (χ2v) is 3.95. The Morgan fingerprint density at radius 1 is 1.73 bits per heavy atom. The molecule has 0 aliphatic carbocycles. The summed E-state index contributed by atoms with van der Waals surface area (Å²) >= 11 is 1.17. The molecule has 1 aliphatic rings. The van der Waals surface area contributed by atoms with Gasteiger partial charge in [0.25, 0.3) is 5.91 Å². The molecule has 0 radical (unpaired) electrons. The fraction of sp³-hybridized carbons (Fsp3) is 0.625. The molecule has 6 nitrogen and oxygen atoms in total. The Balaban J connectivity index is 1.91. The molecule has 1 unspecified atom stereocenters. The predicted molar refractivity (Wildman–Crippen MR) is 55.9 cm³/mol. The van der Waals surface area contributed by atoms with E-state index in [1.54, 1.807) is 6.92 Å². The van der Waals surface area contributed by atoms with Gasteiger partial charge >= 0.3 is 0 Å². The molecule has 0 spiro atoms. The summed E-state index contributed by atoms with van der Waals surface area (Å²) in [7, 11) is 0. The molecule has 1 atom stereocenters. The molecule has 2 heterocycles. The third-order valence-electron chi connectivity index (χ3n) is 1.98. The van der Waals surface area contributed by atoms with Gasteiger partial charge in [-0.05, 0) is 6.92 Å². The lowest BCUT2D eigenvalue weighted by atomic mass is 10.3. The van der Waals surface area contributed by atoms with Crippen molar-refractivity contribution in [2.45, 2.75) is 13.0 Å². The van der Waals surface area contributed by atoms with E-state index in [0.29, 0.717) is 24.1 Å². The molecule has 2 N–H and O–H groups in total. The van der Waals surface area contributed by atoms with Gasteiger partial charge in [-0.3, -0.25) is 10.1 Å². The summed E-state index contributed by atoms with van der Waals surface area (Å²) in [5.41, 5.74) is 0. The van der Waals surface area contributed by atoms with E-state index in [1.165, 1.54) is 11.5 Å². The van der Waals surface area contributed by atoms with Gasteiger partial charge in [-0.2, -0.15) is 4.37 Å². The average molecular weight is 228 g/mol. The highest BCUT2D eigenvalue weighted by atomic mass is 32.1. The van der Waals surface area contributed by atoms with Crippen LogP contribution in [-0.4, -0.2) is 41.1 Å². The van der Waals surface area contributed by atoms with Crippen LogP contribution in [0.4, 0.5) is 5.13 Å². The van der Waals surface area contributed by atoms with Gasteiger partial charge < -0.3 is 10.1 Å². The Kier molecular flexibility index (Phi) is 3.24. The molecule has 0 bridgehead atoms. The molecule has 0 saturated carbocycles. The SMILES string of the molecule is Cc1nsc(NC(=O)C2CNCCO2)n1. The molecule has 7 heteroatoms. The second kappa shape index (κ2) is 4.65. The van der Waals surface area contributed by atoms with E-state index in [0.717, 1.165) is 6.54 Å². The standard InChI is InChI=1S/C8H12N4O2S/c1-5-10-8(15-12-5)11-7(13)6-4-9-2-3-14-6/h6,9H,2-4H2,1H3,(H,10,11,12,13). The van der Waals surface area contributed by atoms with Gasteiger partial charge in [0.2, 0.25) is 5.13 Å². The minimum atomic E-state index is -0.428. The quantitative estimate of drug-likeness (QED) is 0.731. The van der Waals surface area contributed by atoms with Crippen molar-refractivity contribution < 1.29 is 9.53 Å². The molecular weight excluding hydrogens is 216 g/mol. The molecule has 1 aliphatic heterocycles. The third kappa shape index (κ3) is 2.71. The van der Waals surface area contributed by atoms with Gasteiger partial charge in [0, 0.05) is 24.6 Å². The summed E-state index contributed by atoms with van der Waals surface area (Å²) < 4.78 is 9.27. The Hall–Kier alpha value is -1.05. The van der Waals surface area contributed by atoms with Crippen molar-refractivity contribution in [2.75, 3.05) is 25.0 Å². The number of aromatic nitrogens is 2. The molecule has 1 aromatic rings. The van der Waals surface area contributed by atoms with Crippen LogP contribution in [0.5, 0.6) is 0 Å². The maximum absolute atomic E-state index is 11.6. The Morgan fingerprint density at radius 3 is 3.20 bits per heavy atom. The molecule has 15 heavy (non-hydrogen) atoms. The first-order valence-electron chi connectivity index (χ1n) is 4.69. The van der Waals surface area contributed by atoms with Crippen LogP contribution in [0.3, 0.4) is 0 Å². The van der Waals surface area contributed by atoms with E-state index < -0.39 is 6.10 Å². The van der Waals surface area contributed by atoms with Crippen molar-refractivity contribution >= 4 is 22.6 Å². The van der Waals surface area contributed by atoms with Crippen LogP contribution in [0.15, 0.2) is 0 Å². The zero-order chi connectivity index (χ0) is 10.7. The van der Waals surface area contributed by atoms with Crippen LogP contribution in [0.2, 0.25) is 0 Å². The summed E-state index contributed by atoms with van der Waals surface area (Å²) in [5, 5.41) is 6.28. The van der Waals surface area contributed by atoms with Crippen LogP contribution < -0.4 is 10.6 Å². The molecule has 2 rings (SSSR count). The number of morpholine rings is 1. The zero-order valence-electron chi connectivity index (χ0n) is 8.32. The van der Waals surface area contributed by atoms with E-state index in [2.05, 4.69) is 20.0 Å². The van der Waals surface area contributed by atoms with E-state index in [1.807, 2.05) is 0 Å². The number of aryl methyl sites for hydroxylation is 1. The summed E-state index contributed by atoms with van der Waals surface area (Å²) in [6.07, 6.45) is -0.428. The van der Waals surface area contributed by atoms with Crippen molar-refractivity contribution in [3.63, 3.8) is 0 Å². The van der Waals surface area contributed by atoms with Gasteiger partial charge in [-0.25, -0.2) is 4.98 Å². The average Bonchev–Trinajstić information content (AvgIpc) is 2.65. The fourth-order valence-electron chi connectivity index (χ4n) is 1.27. The first-order chi connectivity index (χ1) is 7.25. The van der Waals surface area contributed by atoms with Gasteiger partial charge in [0.15, 0.2) is 0 Å². The predicted octanol–water partition coefficient (Wildman–Crippen LogP) is -0.227. The first-order valence-corrected chi connectivity index (χ1v) is 5.46. The largest absolute Gasteiger partial charge is 0.366 e. The molecule has 1 fully saturated rings. The van der Waals surface area contributed by atoms with Crippen molar-refractivity contribution in [2.24, 2.45) is 0 Å². The second-order valence-electron chi connectivity index (χ2n) is 3.20. The molecule has 1 saturated heterocycles. The van der Waals surface area contributed by atoms with Crippen LogP contribution in [0, 0.1) is 6.92 Å². The van der Waals surface area contributed by atoms with Crippen LogP contribution in [-0.2, 0) is 9.53 Å². The topological polar surface area (TPSA) is 76.1 Å². The fourth-order valence-corrected chi connectivity index (χ4v) is 1.85. The van der Waals surface area contributed by atoms with E-state index >= 15 is 0 Å². The highest BCUT2D eigenvalue weighted by molar-refractivity contribution is 7.09. The van der Waals surface area contributed by atoms with Crippen molar-refractivity contribution in [1.82, 2.24) is 14.7 Å². The number of hydrogen-bond acceptors (Lipinski definition) is 6. The summed E-state index contributed by atoms with van der Waals surface area (Å²) in [6.45, 7) is 3.68. The van der Waals surface area contributed by atoms with Gasteiger partial charge in [0.1, 0.15) is 11.9 Å². The van der Waals surface area contributed by atoms with E-state index in [9.17, 15) is 4.79 Å². The number of hydrogen-bond donors (Lipinski definition) is 2. The lowest BCUT2D eigenvalue weighted by molar-refractivity contribution is -0.128. The highest BCUT2D eigenvalue weighted by Gasteiger charge is 2.22. The highest BCUT2D eigenvalue weighted by Crippen LogP contribution is 2.11. The Morgan fingerprint density at radius 2 is 2.60 bits per heavy atom. The number of ether oxygens (including phenoxy) is 1. The zero-order valence-corrected chi connectivity index (χ0v) is 9.13. The van der Waals surface area contributed by atoms with Gasteiger partial charge in [-0.1, -0.05) is 0 Å². The smallest absolute Gasteiger partial charge is 0.256 e. The van der Waals surface area contributed by atoms with Crippen LogP contribution >= 0.6 is 11.5 Å². The maximum Gasteiger partial charge on any atom is 0.256 e. The summed E-state index contributed by atoms with van der Waals surface area (Å²) in [5.74, 6) is 0.497. The Labute approximate surface area is 91.2 Å². The minimum Gasteiger partial charge on any atom is -0.366 e. The van der Waals surface area contributed by atoms with E-state index in [4.69, 9.17) is 4.74 Å². The molecule has 1 amide bonds. The number of nitrogens with one attached hydrogen (secondary N) is 2. The number of carbonyl (C=O) groups is 1. The molecule has 82 valence electrons. The number of carbonyl (C=O) groups excluding carboxylic acids is 1. The lowest BCUT2D eigenvalue weighted by Gasteiger charge is -2.21. The number of amides is 1. The van der Waals surface area contributed by atoms with Crippen molar-refractivity contribution in [1.29, 1.82) is 0 Å². The minimum absolute atomic E-state index is 0.168. The third-order valence-corrected chi connectivity index (χ3v) is 2.70. The monoisotopic (exact) mass is 228 g/mol. The Bertz CT molecular complexity index is 348. The number of anilines is 1.